The van der Waals surface area contributed by atoms with Crippen LogP contribution in [0.2, 0.25) is 0 Å². The summed E-state index contributed by atoms with van der Waals surface area (Å²) >= 11 is 0. The average molecular weight is 267 g/mol. The zero-order valence-corrected chi connectivity index (χ0v) is 13.4. The fraction of sp³-hybridized carbons (Fsp3) is 1.00. The van der Waals surface area contributed by atoms with Crippen LogP contribution >= 0.6 is 0 Å². The number of rotatable bonds is 3. The van der Waals surface area contributed by atoms with Crippen LogP contribution in [0, 0.1) is 5.41 Å². The Morgan fingerprint density at radius 3 is 2.11 bits per heavy atom. The minimum atomic E-state index is 0.263. The third kappa shape index (κ3) is 3.32. The number of nitrogens with two attached hydrogens (primary N) is 1. The molecule has 112 valence electrons. The lowest BCUT2D eigenvalue weighted by Gasteiger charge is -2.51. The summed E-state index contributed by atoms with van der Waals surface area (Å²) in [5.41, 5.74) is 7.00. The molecule has 0 bridgehead atoms. The van der Waals surface area contributed by atoms with Gasteiger partial charge in [-0.1, -0.05) is 13.8 Å². The van der Waals surface area contributed by atoms with Gasteiger partial charge in [0.05, 0.1) is 0 Å². The van der Waals surface area contributed by atoms with E-state index in [-0.39, 0.29) is 5.54 Å². The summed E-state index contributed by atoms with van der Waals surface area (Å²) < 4.78 is 0. The van der Waals surface area contributed by atoms with E-state index < -0.39 is 0 Å². The summed E-state index contributed by atoms with van der Waals surface area (Å²) in [6.45, 7) is 8.03. The summed E-state index contributed by atoms with van der Waals surface area (Å²) in [5.74, 6) is 0. The smallest absolute Gasteiger partial charge is 0.0355 e. The van der Waals surface area contributed by atoms with Crippen molar-refractivity contribution in [3.05, 3.63) is 0 Å². The molecular formula is C16H33N3. The van der Waals surface area contributed by atoms with E-state index in [0.717, 1.165) is 12.6 Å². The van der Waals surface area contributed by atoms with Gasteiger partial charge < -0.3 is 10.6 Å². The number of hydrogen-bond donors (Lipinski definition) is 1. The quantitative estimate of drug-likeness (QED) is 0.852. The van der Waals surface area contributed by atoms with E-state index in [1.54, 1.807) is 0 Å². The largest absolute Gasteiger partial charge is 0.329 e. The second-order valence-corrected chi connectivity index (χ2v) is 7.74. The highest BCUT2D eigenvalue weighted by molar-refractivity contribution is 4.98. The fourth-order valence-electron chi connectivity index (χ4n) is 3.89. The van der Waals surface area contributed by atoms with Crippen molar-refractivity contribution in [2.24, 2.45) is 11.1 Å². The Kier molecular flexibility index (Phi) is 4.59. The Labute approximate surface area is 119 Å². The molecule has 1 heterocycles. The zero-order valence-electron chi connectivity index (χ0n) is 13.4. The van der Waals surface area contributed by atoms with Gasteiger partial charge in [-0.2, -0.15) is 0 Å². The van der Waals surface area contributed by atoms with E-state index in [1.807, 2.05) is 0 Å². The maximum atomic E-state index is 6.18. The second kappa shape index (κ2) is 5.71. The maximum absolute atomic E-state index is 6.18. The molecule has 0 spiro atoms. The van der Waals surface area contributed by atoms with Gasteiger partial charge >= 0.3 is 0 Å². The first-order chi connectivity index (χ1) is 8.88. The average Bonchev–Trinajstić information content (AvgIpc) is 2.39. The molecule has 0 atom stereocenters. The van der Waals surface area contributed by atoms with E-state index in [2.05, 4.69) is 37.7 Å². The van der Waals surface area contributed by atoms with Crippen LogP contribution in [0.5, 0.6) is 0 Å². The number of likely N-dealkylation sites (N-methyl/N-ethyl adjacent to an activating group) is 1. The van der Waals surface area contributed by atoms with Crippen molar-refractivity contribution in [1.29, 1.82) is 0 Å². The third-order valence-corrected chi connectivity index (χ3v) is 5.90. The number of hydrogen-bond acceptors (Lipinski definition) is 3. The molecule has 0 unspecified atom stereocenters. The molecule has 1 saturated carbocycles. The van der Waals surface area contributed by atoms with Gasteiger partial charge in [-0.05, 0) is 71.1 Å². The minimum absolute atomic E-state index is 0.263. The van der Waals surface area contributed by atoms with Crippen LogP contribution in [0.25, 0.3) is 0 Å². The fourth-order valence-corrected chi connectivity index (χ4v) is 3.89. The molecule has 2 aliphatic rings. The molecule has 19 heavy (non-hydrogen) atoms. The minimum Gasteiger partial charge on any atom is -0.329 e. The highest BCUT2D eigenvalue weighted by atomic mass is 15.2. The van der Waals surface area contributed by atoms with Gasteiger partial charge in [0, 0.05) is 18.1 Å². The van der Waals surface area contributed by atoms with Crippen LogP contribution in [0.1, 0.15) is 52.4 Å². The van der Waals surface area contributed by atoms with Crippen molar-refractivity contribution < 1.29 is 0 Å². The lowest BCUT2D eigenvalue weighted by atomic mass is 9.74. The lowest BCUT2D eigenvalue weighted by molar-refractivity contribution is -0.00101. The van der Waals surface area contributed by atoms with Crippen molar-refractivity contribution in [1.82, 2.24) is 9.80 Å². The van der Waals surface area contributed by atoms with Crippen molar-refractivity contribution >= 4 is 0 Å². The van der Waals surface area contributed by atoms with E-state index in [9.17, 15) is 0 Å². The molecule has 2 N–H and O–H groups in total. The normalized spacial score (nSPS) is 28.7. The first-order valence-corrected chi connectivity index (χ1v) is 8.00. The summed E-state index contributed by atoms with van der Waals surface area (Å²) in [7, 11) is 4.56. The Morgan fingerprint density at radius 2 is 1.63 bits per heavy atom. The summed E-state index contributed by atoms with van der Waals surface area (Å²) in [5, 5.41) is 0. The molecule has 1 aliphatic carbocycles. The summed E-state index contributed by atoms with van der Waals surface area (Å²) in [6, 6.07) is 0.750. The van der Waals surface area contributed by atoms with Crippen LogP contribution in [0.15, 0.2) is 0 Å². The lowest BCUT2D eigenvalue weighted by Crippen LogP contribution is -2.61. The van der Waals surface area contributed by atoms with Gasteiger partial charge in [-0.15, -0.1) is 0 Å². The maximum Gasteiger partial charge on any atom is 0.0355 e. The van der Waals surface area contributed by atoms with Gasteiger partial charge in [-0.3, -0.25) is 4.90 Å². The Morgan fingerprint density at radius 1 is 1.11 bits per heavy atom. The van der Waals surface area contributed by atoms with Crippen LogP contribution in [0.3, 0.4) is 0 Å². The number of piperidine rings is 1. The first-order valence-electron chi connectivity index (χ1n) is 8.00. The molecule has 3 nitrogen and oxygen atoms in total. The van der Waals surface area contributed by atoms with Gasteiger partial charge in [0.1, 0.15) is 0 Å². The third-order valence-electron chi connectivity index (χ3n) is 5.90. The highest BCUT2D eigenvalue weighted by Crippen LogP contribution is 2.39. The molecule has 2 fully saturated rings. The number of likely N-dealkylation sites (tertiary alicyclic amines) is 1. The van der Waals surface area contributed by atoms with E-state index in [1.165, 1.54) is 51.6 Å². The van der Waals surface area contributed by atoms with Crippen LogP contribution in [-0.2, 0) is 0 Å². The molecule has 0 aromatic heterocycles. The van der Waals surface area contributed by atoms with Crippen molar-refractivity contribution in [2.75, 3.05) is 33.7 Å². The van der Waals surface area contributed by atoms with E-state index in [4.69, 9.17) is 5.73 Å². The topological polar surface area (TPSA) is 32.5 Å². The van der Waals surface area contributed by atoms with Crippen molar-refractivity contribution in [2.45, 2.75) is 64.0 Å². The van der Waals surface area contributed by atoms with Crippen molar-refractivity contribution in [3.63, 3.8) is 0 Å². The highest BCUT2D eigenvalue weighted by Gasteiger charge is 2.40. The SMILES string of the molecule is CN1CCC(CN)(N(C)C2CCC(C)(C)CC2)CC1. The van der Waals surface area contributed by atoms with E-state index >= 15 is 0 Å². The van der Waals surface area contributed by atoms with Gasteiger partial charge in [-0.25, -0.2) is 0 Å². The Balaban J connectivity index is 1.99. The van der Waals surface area contributed by atoms with E-state index in [0.29, 0.717) is 5.41 Å². The van der Waals surface area contributed by atoms with Gasteiger partial charge in [0.2, 0.25) is 0 Å². The molecule has 0 aromatic carbocycles. The molecule has 0 aromatic rings. The van der Waals surface area contributed by atoms with Gasteiger partial charge in [0.25, 0.3) is 0 Å². The zero-order chi connectivity index (χ0) is 14.1. The van der Waals surface area contributed by atoms with Crippen LogP contribution < -0.4 is 5.73 Å². The molecule has 3 heteroatoms. The predicted octanol–water partition coefficient (Wildman–Crippen LogP) is 2.31. The first kappa shape index (κ1) is 15.3. The second-order valence-electron chi connectivity index (χ2n) is 7.74. The molecule has 1 saturated heterocycles. The van der Waals surface area contributed by atoms with Gasteiger partial charge in [0.15, 0.2) is 0 Å². The molecule has 2 rings (SSSR count). The monoisotopic (exact) mass is 267 g/mol. The van der Waals surface area contributed by atoms with Crippen molar-refractivity contribution in [3.8, 4) is 0 Å². The molecule has 1 aliphatic heterocycles. The Bertz CT molecular complexity index is 282. The standard InChI is InChI=1S/C16H33N3/c1-15(2)7-5-14(6-8-15)19(4)16(13-17)9-11-18(3)12-10-16/h14H,5-13,17H2,1-4H3. The van der Waals surface area contributed by atoms with Crippen LogP contribution in [-0.4, -0.2) is 55.1 Å². The summed E-state index contributed by atoms with van der Waals surface area (Å²) in [4.78, 5) is 5.10. The molecular weight excluding hydrogens is 234 g/mol. The molecule has 0 amide bonds. The van der Waals surface area contributed by atoms with Crippen LogP contribution in [0.4, 0.5) is 0 Å². The number of nitrogens with zero attached hydrogens (tertiary/aromatic N) is 2. The summed E-state index contributed by atoms with van der Waals surface area (Å²) in [6.07, 6.45) is 7.89. The Hall–Kier alpha value is -0.120. The predicted molar refractivity (Wildman–Crippen MR) is 82.3 cm³/mol. The molecule has 0 radical (unpaired) electrons.